The number of carbonyl (C=O) groups excluding carboxylic acids is 3. The van der Waals surface area contributed by atoms with Crippen molar-refractivity contribution in [2.75, 3.05) is 7.11 Å². The Morgan fingerprint density at radius 1 is 0.930 bits per heavy atom. The van der Waals surface area contributed by atoms with Gasteiger partial charge in [-0.2, -0.15) is 0 Å². The Kier molecular flexibility index (Phi) is 11.6. The van der Waals surface area contributed by atoms with E-state index in [9.17, 15) is 24.5 Å². The zero-order chi connectivity index (χ0) is 30.8. The number of rotatable bonds is 11. The van der Waals surface area contributed by atoms with Gasteiger partial charge in [-0.25, -0.2) is 0 Å². The summed E-state index contributed by atoms with van der Waals surface area (Å²) in [4.78, 5) is 51.7. The van der Waals surface area contributed by atoms with Gasteiger partial charge in [0.2, 0.25) is 18.0 Å². The van der Waals surface area contributed by atoms with Crippen LogP contribution < -0.4 is 10.6 Å². The molecule has 4 rings (SSSR count). The van der Waals surface area contributed by atoms with E-state index >= 15 is 0 Å². The van der Waals surface area contributed by atoms with E-state index in [0.717, 1.165) is 96.3 Å². The summed E-state index contributed by atoms with van der Waals surface area (Å²) >= 11 is 0. The molecule has 0 heterocycles. The predicted molar refractivity (Wildman–Crippen MR) is 161 cm³/mol. The number of hydrogen-bond acceptors (Lipinski definition) is 9. The van der Waals surface area contributed by atoms with Crippen LogP contribution in [-0.2, 0) is 14.3 Å². The maximum atomic E-state index is 13.6. The minimum absolute atomic E-state index is 0.00892. The molecule has 0 spiro atoms. The molecule has 0 aliphatic heterocycles. The molecule has 0 radical (unpaired) electrons. The van der Waals surface area contributed by atoms with Crippen molar-refractivity contribution in [2.24, 2.45) is 10.2 Å². The number of methoxy groups -OCH3 is 1. The van der Waals surface area contributed by atoms with Gasteiger partial charge in [0.1, 0.15) is 0 Å². The normalized spacial score (nSPS) is 19.4. The fourth-order valence-electron chi connectivity index (χ4n) is 6.44. The Labute approximate surface area is 252 Å². The van der Waals surface area contributed by atoms with Gasteiger partial charge in [-0.3, -0.25) is 29.4 Å². The van der Waals surface area contributed by atoms with Crippen molar-refractivity contribution in [2.45, 2.75) is 121 Å². The highest BCUT2D eigenvalue weighted by Crippen LogP contribution is 2.35. The monoisotopic (exact) mass is 596 g/mol. The van der Waals surface area contributed by atoms with Crippen LogP contribution in [0.5, 0.6) is 0 Å². The summed E-state index contributed by atoms with van der Waals surface area (Å²) in [7, 11) is 1.45. The lowest BCUT2D eigenvalue weighted by atomic mass is 9.93. The van der Waals surface area contributed by atoms with Crippen LogP contribution in [0.4, 0.5) is 11.4 Å². The fourth-order valence-corrected chi connectivity index (χ4v) is 6.44. The van der Waals surface area contributed by atoms with Gasteiger partial charge >= 0.3 is 0 Å². The number of nitro benzene ring substituents is 1. The lowest BCUT2D eigenvalue weighted by Gasteiger charge is -2.30. The van der Waals surface area contributed by atoms with Gasteiger partial charge in [0.05, 0.1) is 12.0 Å². The Morgan fingerprint density at radius 2 is 1.49 bits per heavy atom. The van der Waals surface area contributed by atoms with Gasteiger partial charge in [-0.15, -0.1) is 10.2 Å². The number of hydrogen-bond donors (Lipinski definition) is 2. The van der Waals surface area contributed by atoms with Crippen LogP contribution in [0.2, 0.25) is 0 Å². The quantitative estimate of drug-likeness (QED) is 0.0780. The standard InChI is InChI=1S/C31H44N6O6/c1-21-25(31(40)36(20-38)24-16-10-5-11-17-24)18-19-26(37(41)42)27(21)34-35-28(29(39)32-22-12-6-3-7-13-22)30(43-2)33-23-14-8-4-9-15-23/h18-20,22-24,33H,3-17H2,1-2H3,(H,32,39)/b30-28-,35-34?. The molecule has 0 bridgehead atoms. The third-order valence-corrected chi connectivity index (χ3v) is 8.92. The summed E-state index contributed by atoms with van der Waals surface area (Å²) in [6, 6.07) is 2.42. The first-order valence-corrected chi connectivity index (χ1v) is 15.7. The van der Waals surface area contributed by atoms with Crippen molar-refractivity contribution < 1.29 is 24.0 Å². The number of ether oxygens (including phenoxy) is 1. The average molecular weight is 597 g/mol. The van der Waals surface area contributed by atoms with Crippen molar-refractivity contribution in [3.8, 4) is 0 Å². The molecule has 43 heavy (non-hydrogen) atoms. The van der Waals surface area contributed by atoms with Crippen molar-refractivity contribution in [1.82, 2.24) is 15.5 Å². The zero-order valence-corrected chi connectivity index (χ0v) is 25.3. The fraction of sp³-hybridized carbons (Fsp3) is 0.645. The highest BCUT2D eigenvalue weighted by molar-refractivity contribution is 6.02. The SMILES string of the molecule is CO/C(NC1CCCCC1)=C(\N=Nc1c([N+](=O)[O-])ccc(C(=O)N(C=O)C2CCCCC2)c1C)C(=O)NC1CCCCC1. The van der Waals surface area contributed by atoms with Crippen molar-refractivity contribution in [1.29, 1.82) is 0 Å². The zero-order valence-electron chi connectivity index (χ0n) is 25.3. The smallest absolute Gasteiger partial charge is 0.297 e. The molecule has 0 aromatic heterocycles. The maximum absolute atomic E-state index is 13.6. The summed E-state index contributed by atoms with van der Waals surface area (Å²) in [6.45, 7) is 1.54. The number of nitro groups is 1. The molecule has 3 fully saturated rings. The van der Waals surface area contributed by atoms with Crippen LogP contribution in [0.1, 0.15) is 112 Å². The lowest BCUT2D eigenvalue weighted by Crippen LogP contribution is -2.40. The second-order valence-corrected chi connectivity index (χ2v) is 11.8. The second-order valence-electron chi connectivity index (χ2n) is 11.8. The van der Waals surface area contributed by atoms with Gasteiger partial charge in [-0.05, 0) is 57.1 Å². The number of carbonyl (C=O) groups is 3. The van der Waals surface area contributed by atoms with Crippen molar-refractivity contribution >= 4 is 29.6 Å². The number of amides is 3. The topological polar surface area (TPSA) is 156 Å². The Balaban J connectivity index is 1.71. The highest BCUT2D eigenvalue weighted by Gasteiger charge is 2.30. The van der Waals surface area contributed by atoms with Crippen LogP contribution in [0.3, 0.4) is 0 Å². The van der Waals surface area contributed by atoms with Gasteiger partial charge < -0.3 is 15.4 Å². The number of imide groups is 1. The first kappa shape index (κ1) is 32.1. The minimum atomic E-state index is -0.600. The summed E-state index contributed by atoms with van der Waals surface area (Å²) in [5, 5.41) is 26.9. The molecule has 3 aliphatic rings. The summed E-state index contributed by atoms with van der Waals surface area (Å²) in [5.74, 6) is -0.859. The van der Waals surface area contributed by atoms with E-state index in [4.69, 9.17) is 4.74 Å². The maximum Gasteiger partial charge on any atom is 0.297 e. The van der Waals surface area contributed by atoms with Crippen LogP contribution in [-0.4, -0.2) is 53.3 Å². The number of benzene rings is 1. The second kappa shape index (κ2) is 15.6. The van der Waals surface area contributed by atoms with Gasteiger partial charge in [0.15, 0.2) is 5.69 Å². The molecular formula is C31H44N6O6. The number of nitrogens with zero attached hydrogens (tertiary/aromatic N) is 4. The molecule has 1 aromatic rings. The van der Waals surface area contributed by atoms with Crippen molar-refractivity contribution in [3.63, 3.8) is 0 Å². The molecule has 12 nitrogen and oxygen atoms in total. The molecule has 3 aliphatic carbocycles. The molecule has 3 amide bonds. The summed E-state index contributed by atoms with van der Waals surface area (Å²) in [5.41, 5.74) is -0.292. The van der Waals surface area contributed by atoms with E-state index in [2.05, 4.69) is 20.9 Å². The molecule has 1 aromatic carbocycles. The molecule has 3 saturated carbocycles. The predicted octanol–water partition coefficient (Wildman–Crippen LogP) is 6.10. The Hall–Kier alpha value is -3.83. The van der Waals surface area contributed by atoms with E-state index < -0.39 is 16.7 Å². The van der Waals surface area contributed by atoms with Crippen LogP contribution >= 0.6 is 0 Å². The van der Waals surface area contributed by atoms with E-state index in [1.165, 1.54) is 24.1 Å². The summed E-state index contributed by atoms with van der Waals surface area (Å²) < 4.78 is 5.62. The van der Waals surface area contributed by atoms with E-state index in [0.29, 0.717) is 6.41 Å². The average Bonchev–Trinajstić information content (AvgIpc) is 3.02. The van der Waals surface area contributed by atoms with E-state index in [-0.39, 0.29) is 52.2 Å². The van der Waals surface area contributed by atoms with Crippen LogP contribution in [0.15, 0.2) is 33.9 Å². The molecule has 2 N–H and O–H groups in total. The van der Waals surface area contributed by atoms with Gasteiger partial charge in [0, 0.05) is 29.8 Å². The number of nitrogens with one attached hydrogen (secondary N) is 2. The third kappa shape index (κ3) is 8.17. The van der Waals surface area contributed by atoms with Crippen molar-refractivity contribution in [3.05, 3.63) is 45.0 Å². The first-order chi connectivity index (χ1) is 20.8. The molecule has 0 unspecified atom stereocenters. The van der Waals surface area contributed by atoms with E-state index in [1.54, 1.807) is 6.92 Å². The molecule has 0 saturated heterocycles. The molecule has 0 atom stereocenters. The lowest BCUT2D eigenvalue weighted by molar-refractivity contribution is -0.384. The van der Waals surface area contributed by atoms with Gasteiger partial charge in [-0.1, -0.05) is 57.8 Å². The minimum Gasteiger partial charge on any atom is -0.481 e. The molecular weight excluding hydrogens is 552 g/mol. The molecule has 234 valence electrons. The Morgan fingerprint density at radius 3 is 2.02 bits per heavy atom. The Bertz CT molecular complexity index is 1230. The summed E-state index contributed by atoms with van der Waals surface area (Å²) in [6.07, 6.45) is 14.9. The highest BCUT2D eigenvalue weighted by atomic mass is 16.6. The van der Waals surface area contributed by atoms with Crippen LogP contribution in [0.25, 0.3) is 0 Å². The van der Waals surface area contributed by atoms with Crippen LogP contribution in [0, 0.1) is 17.0 Å². The molecule has 12 heteroatoms. The van der Waals surface area contributed by atoms with Gasteiger partial charge in [0.25, 0.3) is 17.5 Å². The first-order valence-electron chi connectivity index (χ1n) is 15.7. The third-order valence-electron chi connectivity index (χ3n) is 8.92. The van der Waals surface area contributed by atoms with E-state index in [1.807, 2.05) is 0 Å². The largest absolute Gasteiger partial charge is 0.481 e. The number of azo groups is 1.